The van der Waals surface area contributed by atoms with Gasteiger partial charge in [0.2, 0.25) is 5.88 Å². The highest BCUT2D eigenvalue weighted by molar-refractivity contribution is 6.30. The van der Waals surface area contributed by atoms with E-state index in [1.165, 1.54) is 0 Å². The molecule has 36 heavy (non-hydrogen) atoms. The average molecular weight is 502 g/mol. The van der Waals surface area contributed by atoms with Crippen LogP contribution in [0.3, 0.4) is 0 Å². The maximum atomic E-state index is 12.5. The summed E-state index contributed by atoms with van der Waals surface area (Å²) in [5.41, 5.74) is 2.59. The lowest BCUT2D eigenvalue weighted by molar-refractivity contribution is 0.0922. The van der Waals surface area contributed by atoms with Gasteiger partial charge in [-0.25, -0.2) is 0 Å². The van der Waals surface area contributed by atoms with Gasteiger partial charge in [-0.1, -0.05) is 35.9 Å². The van der Waals surface area contributed by atoms with Crippen LogP contribution in [0.5, 0.6) is 5.88 Å². The Labute approximate surface area is 212 Å². The first-order valence-electron chi connectivity index (χ1n) is 11.9. The van der Waals surface area contributed by atoms with Gasteiger partial charge >= 0.3 is 0 Å². The van der Waals surface area contributed by atoms with E-state index in [9.17, 15) is 14.7 Å². The molecule has 2 aromatic heterocycles. The van der Waals surface area contributed by atoms with Crippen LogP contribution in [0.4, 0.5) is 5.69 Å². The van der Waals surface area contributed by atoms with Crippen LogP contribution in [0.25, 0.3) is 10.9 Å². The van der Waals surface area contributed by atoms with Crippen LogP contribution in [-0.4, -0.2) is 38.1 Å². The Kier molecular flexibility index (Phi) is 5.70. The molecule has 2 bridgehead atoms. The molecule has 182 valence electrons. The lowest BCUT2D eigenvalue weighted by Gasteiger charge is -2.42. The van der Waals surface area contributed by atoms with Gasteiger partial charge in [0.15, 0.2) is 5.69 Å². The van der Waals surface area contributed by atoms with Crippen molar-refractivity contribution in [2.75, 3.05) is 13.1 Å². The third kappa shape index (κ3) is 4.02. The van der Waals surface area contributed by atoms with E-state index in [1.54, 1.807) is 30.3 Å². The Bertz CT molecular complexity index is 1560. The monoisotopic (exact) mass is 501 g/mol. The first kappa shape index (κ1) is 22.7. The number of amides is 1. The standard InChI is InChI=1S/C27H24ClN5O3/c28-20-10-8-18(9-11-20)26(35)30-29-25-21-4-1-2-5-23(21)33(27(25)36)16-31-13-17-12-19(15-31)22-6-3-7-24(34)32(22)14-17/h1-11,17,19,36H,12-16H2/t17?,19-/m0/s1. The number of nitrogens with zero attached hydrogens (tertiary/aromatic N) is 5. The van der Waals surface area contributed by atoms with E-state index >= 15 is 0 Å². The number of carbonyl (C=O) groups excluding carboxylic acids is 1. The molecule has 4 heterocycles. The van der Waals surface area contributed by atoms with E-state index in [-0.39, 0.29) is 23.0 Å². The summed E-state index contributed by atoms with van der Waals surface area (Å²) >= 11 is 5.90. The molecule has 0 spiro atoms. The van der Waals surface area contributed by atoms with Crippen molar-refractivity contribution < 1.29 is 9.90 Å². The fraction of sp³-hybridized carbons (Fsp3) is 0.259. The van der Waals surface area contributed by atoms with Crippen molar-refractivity contribution in [2.24, 2.45) is 16.1 Å². The van der Waals surface area contributed by atoms with Crippen LogP contribution in [0.1, 0.15) is 28.4 Å². The molecular formula is C27H24ClN5O3. The molecule has 2 aliphatic heterocycles. The van der Waals surface area contributed by atoms with Gasteiger partial charge in [0.25, 0.3) is 11.5 Å². The van der Waals surface area contributed by atoms with Crippen molar-refractivity contribution in [1.29, 1.82) is 0 Å². The highest BCUT2D eigenvalue weighted by atomic mass is 35.5. The number of hydrogen-bond donors (Lipinski definition) is 1. The smallest absolute Gasteiger partial charge is 0.295 e. The van der Waals surface area contributed by atoms with E-state index in [2.05, 4.69) is 15.1 Å². The summed E-state index contributed by atoms with van der Waals surface area (Å²) in [6.07, 6.45) is 1.06. The molecule has 8 nitrogen and oxygen atoms in total. The van der Waals surface area contributed by atoms with Crippen LogP contribution in [0, 0.1) is 5.92 Å². The Morgan fingerprint density at radius 2 is 1.81 bits per heavy atom. The molecule has 4 aromatic rings. The predicted molar refractivity (Wildman–Crippen MR) is 137 cm³/mol. The number of fused-ring (bicyclic) bond motifs is 5. The molecule has 2 atom stereocenters. The first-order valence-corrected chi connectivity index (χ1v) is 12.3. The highest BCUT2D eigenvalue weighted by Crippen LogP contribution is 2.40. The zero-order valence-electron chi connectivity index (χ0n) is 19.4. The summed E-state index contributed by atoms with van der Waals surface area (Å²) in [5, 5.41) is 20.4. The van der Waals surface area contributed by atoms with E-state index in [0.717, 1.165) is 36.1 Å². The Morgan fingerprint density at radius 1 is 1.00 bits per heavy atom. The molecule has 0 radical (unpaired) electrons. The highest BCUT2D eigenvalue weighted by Gasteiger charge is 2.35. The summed E-state index contributed by atoms with van der Waals surface area (Å²) in [6.45, 7) is 2.80. The van der Waals surface area contributed by atoms with E-state index in [0.29, 0.717) is 29.7 Å². The van der Waals surface area contributed by atoms with Crippen LogP contribution >= 0.6 is 11.6 Å². The van der Waals surface area contributed by atoms with Crippen LogP contribution in [-0.2, 0) is 13.2 Å². The Balaban J connectivity index is 1.29. The van der Waals surface area contributed by atoms with Gasteiger partial charge in [-0.3, -0.25) is 19.1 Å². The number of para-hydroxylation sites is 1. The number of aromatic nitrogens is 2. The minimum absolute atomic E-state index is 0.0313. The summed E-state index contributed by atoms with van der Waals surface area (Å²) < 4.78 is 3.73. The van der Waals surface area contributed by atoms with Crippen LogP contribution in [0.15, 0.2) is 81.8 Å². The van der Waals surface area contributed by atoms with Gasteiger partial charge in [-0.05, 0) is 48.7 Å². The molecule has 0 saturated carbocycles. The number of likely N-dealkylation sites (tertiary alicyclic amines) is 1. The zero-order valence-corrected chi connectivity index (χ0v) is 20.2. The van der Waals surface area contributed by atoms with Gasteiger partial charge < -0.3 is 9.67 Å². The second-order valence-corrected chi connectivity index (χ2v) is 9.94. The van der Waals surface area contributed by atoms with Gasteiger partial charge in [0, 0.05) is 53.3 Å². The molecule has 1 unspecified atom stereocenters. The molecule has 2 aromatic carbocycles. The fourth-order valence-corrected chi connectivity index (χ4v) is 5.70. The summed E-state index contributed by atoms with van der Waals surface area (Å²) in [7, 11) is 0. The van der Waals surface area contributed by atoms with Crippen LogP contribution in [0.2, 0.25) is 5.02 Å². The van der Waals surface area contributed by atoms with Gasteiger partial charge in [0.05, 0.1) is 12.2 Å². The number of hydrogen-bond acceptors (Lipinski definition) is 5. The van der Waals surface area contributed by atoms with Crippen LogP contribution < -0.4 is 5.56 Å². The van der Waals surface area contributed by atoms with E-state index < -0.39 is 5.91 Å². The molecule has 1 N–H and O–H groups in total. The summed E-state index contributed by atoms with van der Waals surface area (Å²) in [6, 6.07) is 19.5. The van der Waals surface area contributed by atoms with Gasteiger partial charge in [-0.2, -0.15) is 0 Å². The molecular weight excluding hydrogens is 478 g/mol. The third-order valence-corrected chi connectivity index (χ3v) is 7.40. The number of halogens is 1. The number of aromatic hydroxyl groups is 1. The SMILES string of the molecule is O=C(N=Nc1c(O)n(CN2CC3C[C@@H](C2)c2cccc(=O)n2C3)c2ccccc12)c1ccc(Cl)cc1. The maximum Gasteiger partial charge on any atom is 0.295 e. The van der Waals surface area contributed by atoms with Gasteiger partial charge in [-0.15, -0.1) is 10.2 Å². The largest absolute Gasteiger partial charge is 0.493 e. The summed E-state index contributed by atoms with van der Waals surface area (Å²) in [5.74, 6) is 0.0971. The van der Waals surface area contributed by atoms with Crippen molar-refractivity contribution >= 4 is 34.1 Å². The minimum Gasteiger partial charge on any atom is -0.493 e. The molecule has 2 aliphatic rings. The normalized spacial score (nSPS) is 19.6. The maximum absolute atomic E-state index is 12.5. The molecule has 1 saturated heterocycles. The first-order chi connectivity index (χ1) is 17.5. The number of rotatable bonds is 4. The zero-order chi connectivity index (χ0) is 24.8. The molecule has 1 amide bonds. The average Bonchev–Trinajstić information content (AvgIpc) is 3.14. The predicted octanol–water partition coefficient (Wildman–Crippen LogP) is 5.16. The number of benzene rings is 2. The lowest BCUT2D eigenvalue weighted by atomic mass is 9.83. The Hall–Kier alpha value is -3.75. The second kappa shape index (κ2) is 9.04. The number of azo groups is 1. The van der Waals surface area contributed by atoms with Crippen molar-refractivity contribution in [3.05, 3.63) is 93.4 Å². The topological polar surface area (TPSA) is 92.2 Å². The van der Waals surface area contributed by atoms with E-state index in [1.807, 2.05) is 45.5 Å². The van der Waals surface area contributed by atoms with Crippen molar-refractivity contribution in [1.82, 2.24) is 14.0 Å². The number of carbonyl (C=O) groups is 1. The van der Waals surface area contributed by atoms with E-state index in [4.69, 9.17) is 11.6 Å². The quantitative estimate of drug-likeness (QED) is 0.391. The minimum atomic E-state index is -0.513. The molecule has 6 rings (SSSR count). The fourth-order valence-electron chi connectivity index (χ4n) is 5.57. The number of pyridine rings is 1. The van der Waals surface area contributed by atoms with Crippen molar-refractivity contribution in [2.45, 2.75) is 25.6 Å². The number of piperidine rings is 1. The van der Waals surface area contributed by atoms with Crippen molar-refractivity contribution in [3.63, 3.8) is 0 Å². The van der Waals surface area contributed by atoms with Gasteiger partial charge in [0.1, 0.15) is 0 Å². The second-order valence-electron chi connectivity index (χ2n) is 9.50. The Morgan fingerprint density at radius 3 is 2.64 bits per heavy atom. The molecule has 9 heteroatoms. The third-order valence-electron chi connectivity index (χ3n) is 7.15. The molecule has 0 aliphatic carbocycles. The molecule has 1 fully saturated rings. The lowest BCUT2D eigenvalue weighted by Crippen LogP contribution is -2.47. The summed E-state index contributed by atoms with van der Waals surface area (Å²) in [4.78, 5) is 27.2. The van der Waals surface area contributed by atoms with Crippen molar-refractivity contribution in [3.8, 4) is 5.88 Å².